The number of nitrogens with one attached hydrogen (secondary N) is 1. The molecular formula is C17H16ClN3O3. The molecule has 1 aromatic heterocycles. The smallest absolute Gasteiger partial charge is 0.254 e. The summed E-state index contributed by atoms with van der Waals surface area (Å²) in [6, 6.07) is 10.2. The Balaban J connectivity index is 1.52. The van der Waals surface area contributed by atoms with Gasteiger partial charge in [0.1, 0.15) is 6.10 Å². The largest absolute Gasteiger partial charge is 0.471 e. The number of pyridine rings is 1. The van der Waals surface area contributed by atoms with E-state index < -0.39 is 0 Å². The highest BCUT2D eigenvalue weighted by Gasteiger charge is 2.33. The summed E-state index contributed by atoms with van der Waals surface area (Å²) in [7, 11) is 0. The summed E-state index contributed by atoms with van der Waals surface area (Å²) in [6.45, 7) is 2.46. The van der Waals surface area contributed by atoms with Crippen LogP contribution in [0.2, 0.25) is 5.02 Å². The normalized spacial score (nSPS) is 14.0. The van der Waals surface area contributed by atoms with Crippen molar-refractivity contribution in [3.63, 3.8) is 0 Å². The summed E-state index contributed by atoms with van der Waals surface area (Å²) >= 11 is 5.77. The van der Waals surface area contributed by atoms with Gasteiger partial charge in [-0.1, -0.05) is 11.6 Å². The van der Waals surface area contributed by atoms with Gasteiger partial charge in [0.25, 0.3) is 5.91 Å². The summed E-state index contributed by atoms with van der Waals surface area (Å²) in [6.07, 6.45) is 1.45. The van der Waals surface area contributed by atoms with Gasteiger partial charge in [-0.3, -0.25) is 9.59 Å². The number of carbonyl (C=O) groups is 2. The van der Waals surface area contributed by atoms with E-state index in [9.17, 15) is 9.59 Å². The maximum atomic E-state index is 12.4. The fourth-order valence-electron chi connectivity index (χ4n) is 2.36. The number of halogens is 1. The van der Waals surface area contributed by atoms with Gasteiger partial charge in [0.2, 0.25) is 11.8 Å². The summed E-state index contributed by atoms with van der Waals surface area (Å²) in [5.74, 6) is 0.289. The number of aromatic nitrogens is 1. The third-order valence-corrected chi connectivity index (χ3v) is 3.80. The van der Waals surface area contributed by atoms with E-state index in [2.05, 4.69) is 10.3 Å². The first kappa shape index (κ1) is 16.3. The Labute approximate surface area is 144 Å². The molecule has 0 aliphatic carbocycles. The second kappa shape index (κ2) is 6.88. The van der Waals surface area contributed by atoms with Crippen molar-refractivity contribution < 1.29 is 14.3 Å². The minimum absolute atomic E-state index is 0.0618. The number of likely N-dealkylation sites (tertiary alicyclic amines) is 1. The van der Waals surface area contributed by atoms with Crippen LogP contribution in [0.3, 0.4) is 0 Å². The van der Waals surface area contributed by atoms with E-state index in [0.717, 1.165) is 0 Å². The average molecular weight is 346 g/mol. The van der Waals surface area contributed by atoms with Gasteiger partial charge in [-0.2, -0.15) is 0 Å². The molecule has 6 nitrogen and oxygen atoms in total. The zero-order valence-electron chi connectivity index (χ0n) is 13.0. The van der Waals surface area contributed by atoms with Crippen molar-refractivity contribution in [3.8, 4) is 5.88 Å². The molecule has 0 spiro atoms. The number of hydrogen-bond donors (Lipinski definition) is 1. The van der Waals surface area contributed by atoms with E-state index in [0.29, 0.717) is 35.2 Å². The van der Waals surface area contributed by atoms with Crippen LogP contribution < -0.4 is 10.1 Å². The number of amides is 2. The molecule has 1 fully saturated rings. The van der Waals surface area contributed by atoms with E-state index in [1.54, 1.807) is 41.3 Å². The minimum atomic E-state index is -0.146. The SMILES string of the molecule is CC(=O)Nc1ccc(C(=O)N2CC(Oc3ccc(Cl)cn3)C2)cc1. The zero-order chi connectivity index (χ0) is 17.1. The standard InChI is InChI=1S/C17H16ClN3O3/c1-11(22)20-14-5-2-12(3-6-14)17(23)21-9-15(10-21)24-16-7-4-13(18)8-19-16/h2-8,15H,9-10H2,1H3,(H,20,22). The van der Waals surface area contributed by atoms with Crippen molar-refractivity contribution in [1.29, 1.82) is 0 Å². The Morgan fingerprint density at radius 3 is 2.50 bits per heavy atom. The lowest BCUT2D eigenvalue weighted by Crippen LogP contribution is -2.56. The molecule has 2 heterocycles. The van der Waals surface area contributed by atoms with Gasteiger partial charge < -0.3 is 15.0 Å². The first-order chi connectivity index (χ1) is 11.5. The van der Waals surface area contributed by atoms with Crippen molar-refractivity contribution in [1.82, 2.24) is 9.88 Å². The van der Waals surface area contributed by atoms with Gasteiger partial charge in [0.05, 0.1) is 18.1 Å². The second-order valence-corrected chi connectivity index (χ2v) is 5.96. The van der Waals surface area contributed by atoms with Gasteiger partial charge in [-0.25, -0.2) is 4.98 Å². The summed E-state index contributed by atoms with van der Waals surface area (Å²) in [4.78, 5) is 29.1. The highest BCUT2D eigenvalue weighted by Crippen LogP contribution is 2.20. The third-order valence-electron chi connectivity index (χ3n) is 3.58. The molecule has 24 heavy (non-hydrogen) atoms. The molecule has 0 saturated carbocycles. The maximum Gasteiger partial charge on any atom is 0.254 e. The van der Waals surface area contributed by atoms with E-state index in [-0.39, 0.29) is 17.9 Å². The Bertz CT molecular complexity index is 741. The average Bonchev–Trinajstić information content (AvgIpc) is 2.52. The molecule has 1 N–H and O–H groups in total. The monoisotopic (exact) mass is 345 g/mol. The lowest BCUT2D eigenvalue weighted by Gasteiger charge is -2.38. The van der Waals surface area contributed by atoms with E-state index in [4.69, 9.17) is 16.3 Å². The fourth-order valence-corrected chi connectivity index (χ4v) is 2.47. The number of carbonyl (C=O) groups excluding carboxylic acids is 2. The number of nitrogens with zero attached hydrogens (tertiary/aromatic N) is 2. The molecular weight excluding hydrogens is 330 g/mol. The Hall–Kier alpha value is -2.60. The molecule has 7 heteroatoms. The van der Waals surface area contributed by atoms with Gasteiger partial charge >= 0.3 is 0 Å². The van der Waals surface area contributed by atoms with E-state index >= 15 is 0 Å². The maximum absolute atomic E-state index is 12.4. The van der Waals surface area contributed by atoms with Gasteiger partial charge in [-0.05, 0) is 30.3 Å². The van der Waals surface area contributed by atoms with E-state index in [1.165, 1.54) is 13.1 Å². The first-order valence-electron chi connectivity index (χ1n) is 7.46. The molecule has 3 rings (SSSR count). The lowest BCUT2D eigenvalue weighted by molar-refractivity contribution is -0.114. The summed E-state index contributed by atoms with van der Waals surface area (Å²) in [5.41, 5.74) is 1.24. The molecule has 0 radical (unpaired) electrons. The molecule has 0 atom stereocenters. The Morgan fingerprint density at radius 1 is 1.21 bits per heavy atom. The van der Waals surface area contributed by atoms with Crippen molar-refractivity contribution in [3.05, 3.63) is 53.2 Å². The minimum Gasteiger partial charge on any atom is -0.471 e. The third kappa shape index (κ3) is 3.83. The molecule has 2 aromatic rings. The van der Waals surface area contributed by atoms with Crippen molar-refractivity contribution >= 4 is 29.1 Å². The molecule has 1 saturated heterocycles. The van der Waals surface area contributed by atoms with Crippen molar-refractivity contribution in [2.24, 2.45) is 0 Å². The molecule has 1 aromatic carbocycles. The Morgan fingerprint density at radius 2 is 1.92 bits per heavy atom. The van der Waals surface area contributed by atoms with Gasteiger partial charge in [0.15, 0.2) is 0 Å². The van der Waals surface area contributed by atoms with E-state index in [1.807, 2.05) is 0 Å². The number of rotatable bonds is 4. The van der Waals surface area contributed by atoms with Crippen LogP contribution in [0.1, 0.15) is 17.3 Å². The lowest BCUT2D eigenvalue weighted by atomic mass is 10.1. The quantitative estimate of drug-likeness (QED) is 0.924. The fraction of sp³-hybridized carbons (Fsp3) is 0.235. The van der Waals surface area contributed by atoms with Crippen LogP contribution >= 0.6 is 11.6 Å². The van der Waals surface area contributed by atoms with Gasteiger partial charge in [-0.15, -0.1) is 0 Å². The highest BCUT2D eigenvalue weighted by atomic mass is 35.5. The van der Waals surface area contributed by atoms with Crippen LogP contribution in [0.15, 0.2) is 42.6 Å². The predicted octanol–water partition coefficient (Wildman–Crippen LogP) is 2.60. The first-order valence-corrected chi connectivity index (χ1v) is 7.84. The molecule has 0 bridgehead atoms. The number of benzene rings is 1. The van der Waals surface area contributed by atoms with Crippen LogP contribution in [-0.4, -0.2) is 40.9 Å². The van der Waals surface area contributed by atoms with Crippen LogP contribution in [0.4, 0.5) is 5.69 Å². The van der Waals surface area contributed by atoms with Crippen LogP contribution in [0.25, 0.3) is 0 Å². The molecule has 0 unspecified atom stereocenters. The number of anilines is 1. The number of hydrogen-bond acceptors (Lipinski definition) is 4. The second-order valence-electron chi connectivity index (χ2n) is 5.52. The predicted molar refractivity (Wildman–Crippen MR) is 90.3 cm³/mol. The van der Waals surface area contributed by atoms with Crippen LogP contribution in [0.5, 0.6) is 5.88 Å². The van der Waals surface area contributed by atoms with Gasteiger partial charge in [0, 0.05) is 30.4 Å². The molecule has 1 aliphatic rings. The Kier molecular flexibility index (Phi) is 4.66. The molecule has 124 valence electrons. The topological polar surface area (TPSA) is 71.5 Å². The number of ether oxygens (including phenoxy) is 1. The molecule has 1 aliphatic heterocycles. The molecule has 2 amide bonds. The summed E-state index contributed by atoms with van der Waals surface area (Å²) < 4.78 is 5.67. The van der Waals surface area contributed by atoms with Crippen LogP contribution in [-0.2, 0) is 4.79 Å². The summed E-state index contributed by atoms with van der Waals surface area (Å²) in [5, 5.41) is 3.22. The van der Waals surface area contributed by atoms with Crippen LogP contribution in [0, 0.1) is 0 Å². The van der Waals surface area contributed by atoms with Crippen molar-refractivity contribution in [2.75, 3.05) is 18.4 Å². The zero-order valence-corrected chi connectivity index (χ0v) is 13.8. The van der Waals surface area contributed by atoms with Crippen molar-refractivity contribution in [2.45, 2.75) is 13.0 Å². The highest BCUT2D eigenvalue weighted by molar-refractivity contribution is 6.30.